The zero-order chi connectivity index (χ0) is 30.0. The summed E-state index contributed by atoms with van der Waals surface area (Å²) in [6.07, 6.45) is 0. The van der Waals surface area contributed by atoms with Crippen molar-refractivity contribution in [1.29, 1.82) is 0 Å². The van der Waals surface area contributed by atoms with Crippen LogP contribution in [0.1, 0.15) is 22.3 Å². The third kappa shape index (κ3) is 2.97. The molecule has 1 heteroatoms. The smallest absolute Gasteiger partial charge is 0.0731 e. The molecule has 0 saturated carbocycles. The Labute approximate surface area is 272 Å². The summed E-state index contributed by atoms with van der Waals surface area (Å²) in [5.41, 5.74) is 15.8. The molecule has 46 heavy (non-hydrogen) atoms. The third-order valence-electron chi connectivity index (χ3n) is 10.7. The summed E-state index contributed by atoms with van der Waals surface area (Å²) in [4.78, 5) is 2.67. The molecule has 0 aromatic heterocycles. The predicted octanol–water partition coefficient (Wildman–Crippen LogP) is 12.1. The molecule has 1 aliphatic heterocycles. The Morgan fingerprint density at radius 1 is 0.370 bits per heavy atom. The number of hydrogen-bond acceptors (Lipinski definition) is 1. The van der Waals surface area contributed by atoms with Crippen molar-refractivity contribution in [2.24, 2.45) is 0 Å². The van der Waals surface area contributed by atoms with Gasteiger partial charge in [-0.3, -0.25) is 0 Å². The highest BCUT2D eigenvalue weighted by Gasteiger charge is 2.52. The number of benzene rings is 8. The van der Waals surface area contributed by atoms with E-state index in [1.807, 2.05) is 11.8 Å². The van der Waals surface area contributed by atoms with E-state index in [4.69, 9.17) is 0 Å². The quantitative estimate of drug-likeness (QED) is 0.181. The Kier molecular flexibility index (Phi) is 4.80. The molecular formula is C45H26S. The number of hydrogen-bond donors (Lipinski definition) is 0. The highest BCUT2D eigenvalue weighted by atomic mass is 32.2. The van der Waals surface area contributed by atoms with Crippen LogP contribution in [0.3, 0.4) is 0 Å². The van der Waals surface area contributed by atoms with E-state index in [1.165, 1.54) is 98.1 Å². The summed E-state index contributed by atoms with van der Waals surface area (Å²) in [6, 6.07) is 59.5. The largest absolute Gasteiger partial charge is 0.0888 e. The summed E-state index contributed by atoms with van der Waals surface area (Å²) < 4.78 is 0. The summed E-state index contributed by atoms with van der Waals surface area (Å²) in [7, 11) is 0. The van der Waals surface area contributed by atoms with E-state index >= 15 is 0 Å². The summed E-state index contributed by atoms with van der Waals surface area (Å²) in [5.74, 6) is 0. The molecule has 0 bridgehead atoms. The Bertz CT molecular complexity index is 2580. The molecule has 212 valence electrons. The minimum atomic E-state index is -0.393. The summed E-state index contributed by atoms with van der Waals surface area (Å²) >= 11 is 1.89. The topological polar surface area (TPSA) is 0 Å². The minimum absolute atomic E-state index is 0.393. The predicted molar refractivity (Wildman–Crippen MR) is 193 cm³/mol. The van der Waals surface area contributed by atoms with Crippen LogP contribution in [0.2, 0.25) is 0 Å². The second-order valence-corrected chi connectivity index (χ2v) is 13.8. The van der Waals surface area contributed by atoms with Gasteiger partial charge in [-0.2, -0.15) is 0 Å². The van der Waals surface area contributed by atoms with Crippen LogP contribution in [0.15, 0.2) is 168 Å². The molecule has 0 atom stereocenters. The van der Waals surface area contributed by atoms with Crippen molar-refractivity contribution in [3.63, 3.8) is 0 Å². The average molecular weight is 599 g/mol. The number of rotatable bonds is 1. The summed E-state index contributed by atoms with van der Waals surface area (Å²) in [6.45, 7) is 0. The first-order valence-electron chi connectivity index (χ1n) is 16.0. The van der Waals surface area contributed by atoms with Gasteiger partial charge in [-0.1, -0.05) is 151 Å². The van der Waals surface area contributed by atoms with E-state index in [1.54, 1.807) is 0 Å². The van der Waals surface area contributed by atoms with Gasteiger partial charge in [0.05, 0.1) is 5.41 Å². The fraction of sp³-hybridized carbons (Fsp3) is 0.0222. The van der Waals surface area contributed by atoms with Gasteiger partial charge in [0, 0.05) is 15.2 Å². The fourth-order valence-electron chi connectivity index (χ4n) is 8.92. The minimum Gasteiger partial charge on any atom is -0.0888 e. The molecule has 3 aliphatic rings. The van der Waals surface area contributed by atoms with Gasteiger partial charge < -0.3 is 0 Å². The molecule has 0 fully saturated rings. The van der Waals surface area contributed by atoms with Crippen LogP contribution < -0.4 is 0 Å². The van der Waals surface area contributed by atoms with E-state index in [0.29, 0.717) is 0 Å². The standard InChI is InChI=1S/C45H26S/c1-2-11-30-27(10-1)20-23-37-33-22-21-28(29-24-25-42-43-35(29)15-9-16-36(43)34-14-5-8-19-41(34)46-42)26-40(33)45(44(30)37)38-17-6-3-12-31(38)32-13-4-7-18-39(32)45/h1-26H. The maximum atomic E-state index is 2.52. The first kappa shape index (κ1) is 24.9. The lowest BCUT2D eigenvalue weighted by atomic mass is 9.69. The van der Waals surface area contributed by atoms with Crippen molar-refractivity contribution in [2.75, 3.05) is 0 Å². The van der Waals surface area contributed by atoms with E-state index in [-0.39, 0.29) is 0 Å². The van der Waals surface area contributed by atoms with Gasteiger partial charge in [-0.05, 0) is 101 Å². The second-order valence-electron chi connectivity index (χ2n) is 12.7. The molecule has 0 saturated heterocycles. The van der Waals surface area contributed by atoms with E-state index < -0.39 is 5.41 Å². The van der Waals surface area contributed by atoms with E-state index in [2.05, 4.69) is 158 Å². The Morgan fingerprint density at radius 2 is 1.00 bits per heavy atom. The molecule has 8 aromatic rings. The molecule has 0 unspecified atom stereocenters. The van der Waals surface area contributed by atoms with Gasteiger partial charge in [0.15, 0.2) is 0 Å². The highest BCUT2D eigenvalue weighted by molar-refractivity contribution is 7.99. The summed E-state index contributed by atoms with van der Waals surface area (Å²) in [5, 5.41) is 5.31. The molecule has 0 radical (unpaired) electrons. The van der Waals surface area contributed by atoms with Gasteiger partial charge >= 0.3 is 0 Å². The van der Waals surface area contributed by atoms with Crippen molar-refractivity contribution in [3.8, 4) is 44.5 Å². The van der Waals surface area contributed by atoms with Crippen molar-refractivity contribution in [2.45, 2.75) is 15.2 Å². The Hall–Kier alpha value is -5.37. The van der Waals surface area contributed by atoms with Crippen LogP contribution in [0.4, 0.5) is 0 Å². The van der Waals surface area contributed by atoms with E-state index in [9.17, 15) is 0 Å². The second kappa shape index (κ2) is 8.88. The van der Waals surface area contributed by atoms with Crippen molar-refractivity contribution in [1.82, 2.24) is 0 Å². The normalized spacial score (nSPS) is 14.2. The van der Waals surface area contributed by atoms with E-state index in [0.717, 1.165) is 0 Å². The zero-order valence-electron chi connectivity index (χ0n) is 24.9. The lowest BCUT2D eigenvalue weighted by Gasteiger charge is -2.31. The SMILES string of the molecule is c1ccc2c(c1)Sc1ccc(-c3ccc4c(c3)C3(c5ccccc5-c5ccccc53)c3c-4ccc4ccccc34)c3cccc-2c13. The van der Waals surface area contributed by atoms with Crippen LogP contribution in [0.5, 0.6) is 0 Å². The molecular weight excluding hydrogens is 573 g/mol. The van der Waals surface area contributed by atoms with Crippen LogP contribution in [-0.2, 0) is 5.41 Å². The molecule has 1 heterocycles. The zero-order valence-corrected chi connectivity index (χ0v) is 25.7. The van der Waals surface area contributed by atoms with Crippen molar-refractivity contribution in [3.05, 3.63) is 180 Å². The van der Waals surface area contributed by atoms with Crippen LogP contribution in [-0.4, -0.2) is 0 Å². The monoisotopic (exact) mass is 598 g/mol. The molecule has 0 nitrogen and oxygen atoms in total. The Morgan fingerprint density at radius 3 is 1.85 bits per heavy atom. The lowest BCUT2D eigenvalue weighted by molar-refractivity contribution is 0.801. The first-order valence-corrected chi connectivity index (χ1v) is 16.8. The third-order valence-corrected chi connectivity index (χ3v) is 11.8. The molecule has 2 aliphatic carbocycles. The molecule has 8 aromatic carbocycles. The molecule has 0 N–H and O–H groups in total. The maximum Gasteiger partial charge on any atom is 0.0731 e. The van der Waals surface area contributed by atoms with Crippen molar-refractivity contribution < 1.29 is 0 Å². The van der Waals surface area contributed by atoms with Crippen LogP contribution in [0, 0.1) is 0 Å². The Balaban J connectivity index is 1.24. The first-order chi connectivity index (χ1) is 22.8. The van der Waals surface area contributed by atoms with Gasteiger partial charge in [-0.15, -0.1) is 0 Å². The van der Waals surface area contributed by atoms with Gasteiger partial charge in [-0.25, -0.2) is 0 Å². The van der Waals surface area contributed by atoms with Gasteiger partial charge in [0.2, 0.25) is 0 Å². The fourth-order valence-corrected chi connectivity index (χ4v) is 10.0. The van der Waals surface area contributed by atoms with Gasteiger partial charge in [0.25, 0.3) is 0 Å². The highest BCUT2D eigenvalue weighted by Crippen LogP contribution is 2.64. The average Bonchev–Trinajstić information content (AvgIpc) is 3.59. The molecule has 1 spiro atoms. The van der Waals surface area contributed by atoms with Crippen LogP contribution in [0.25, 0.3) is 66.1 Å². The lowest BCUT2D eigenvalue weighted by Crippen LogP contribution is -2.26. The van der Waals surface area contributed by atoms with Crippen LogP contribution >= 0.6 is 11.8 Å². The van der Waals surface area contributed by atoms with Crippen molar-refractivity contribution >= 4 is 33.3 Å². The van der Waals surface area contributed by atoms with Gasteiger partial charge in [0.1, 0.15) is 0 Å². The number of fused-ring (bicyclic) bond motifs is 14. The maximum absolute atomic E-state index is 2.52. The molecule has 11 rings (SSSR count). The molecule has 0 amide bonds.